The largest absolute Gasteiger partial charge is 0.481 e. The standard InChI is InChI=1S/C38H36N6O8.C4F6O2/c45-33(46)19-31(43-37(49)51-21-25-7-3-1-4-8-25)35-39-27-15-13-23(17-29(27)41-35)11-12-24-14-16-28-30(18-24)42-36(40-28)32(20-34(47)48)44-38(50)52-22-26-9-5-2-6-10-26;5-3(6,7)1(11)2(12)4(8,9)10/h1-10,13-18,31-32H,11-12,19-22H2,(H,39,41)(H,40,42)(H,43,49)(H,44,50)(H,45,46)(H,47,48);/t31-,32-;/m0./s1. The number of carboxylic acids is 2. The Hall–Kier alpha value is -7.78. The Balaban J connectivity index is 0.000000562. The summed E-state index contributed by atoms with van der Waals surface area (Å²) in [4.78, 5) is 82.9. The second-order valence-corrected chi connectivity index (χ2v) is 13.8. The van der Waals surface area contributed by atoms with Gasteiger partial charge in [0, 0.05) is 0 Å². The highest BCUT2D eigenvalue weighted by Gasteiger charge is 2.54. The molecule has 0 aliphatic rings. The molecule has 2 aromatic heterocycles. The molecule has 336 valence electrons. The minimum atomic E-state index is -5.77. The highest BCUT2D eigenvalue weighted by Crippen LogP contribution is 2.25. The minimum Gasteiger partial charge on any atom is -0.481 e. The summed E-state index contributed by atoms with van der Waals surface area (Å²) in [5.74, 6) is -8.43. The predicted molar refractivity (Wildman–Crippen MR) is 211 cm³/mol. The number of carboxylic acid groups (broad SMARTS) is 2. The SMILES string of the molecule is O=C(C(=O)C(F)(F)F)C(F)(F)F.O=C(O)C[C@H](NC(=O)OCc1ccccc1)c1nc2ccc(CCc3ccc4nc([C@H](CC(=O)O)NC(=O)OCc5ccccc5)[nH]c4c3)cc2[nH]1. The van der Waals surface area contributed by atoms with Gasteiger partial charge in [0.05, 0.1) is 34.9 Å². The average molecular weight is 899 g/mol. The summed E-state index contributed by atoms with van der Waals surface area (Å²) < 4.78 is 77.5. The summed E-state index contributed by atoms with van der Waals surface area (Å²) in [5.41, 5.74) is 6.21. The lowest BCUT2D eigenvalue weighted by atomic mass is 10.0. The van der Waals surface area contributed by atoms with E-state index in [1.807, 2.05) is 97.1 Å². The predicted octanol–water partition coefficient (Wildman–Crippen LogP) is 7.36. The molecule has 2 atom stereocenters. The van der Waals surface area contributed by atoms with E-state index in [1.165, 1.54) is 0 Å². The van der Waals surface area contributed by atoms with Gasteiger partial charge in [-0.2, -0.15) is 26.3 Å². The van der Waals surface area contributed by atoms with E-state index in [0.29, 0.717) is 46.6 Å². The Morgan fingerprint density at radius 3 is 1.23 bits per heavy atom. The van der Waals surface area contributed by atoms with Crippen LogP contribution in [0.4, 0.5) is 35.9 Å². The number of alkyl carbamates (subject to hydrolysis) is 2. The van der Waals surface area contributed by atoms with Crippen molar-refractivity contribution in [3.8, 4) is 0 Å². The van der Waals surface area contributed by atoms with Gasteiger partial charge in [0.25, 0.3) is 0 Å². The number of imidazole rings is 2. The van der Waals surface area contributed by atoms with Crippen LogP contribution in [0.5, 0.6) is 0 Å². The van der Waals surface area contributed by atoms with Crippen LogP contribution in [-0.4, -0.2) is 78.2 Å². The number of halogens is 6. The minimum absolute atomic E-state index is 0.0406. The third kappa shape index (κ3) is 13.9. The van der Waals surface area contributed by atoms with Gasteiger partial charge in [0.15, 0.2) is 0 Å². The van der Waals surface area contributed by atoms with E-state index in [-0.39, 0.29) is 13.2 Å². The Kier molecular flexibility index (Phi) is 15.4. The van der Waals surface area contributed by atoms with Crippen molar-refractivity contribution >= 4 is 57.8 Å². The van der Waals surface area contributed by atoms with Gasteiger partial charge < -0.3 is 40.3 Å². The molecule has 0 spiro atoms. The number of ether oxygens (including phenoxy) is 2. The number of carbonyl (C=O) groups excluding carboxylic acids is 4. The Morgan fingerprint density at radius 2 is 0.906 bits per heavy atom. The fourth-order valence-corrected chi connectivity index (χ4v) is 5.94. The summed E-state index contributed by atoms with van der Waals surface area (Å²) >= 11 is 0. The van der Waals surface area contributed by atoms with Crippen molar-refractivity contribution in [1.29, 1.82) is 0 Å². The fraction of sp³-hybridized carbons (Fsp3) is 0.238. The monoisotopic (exact) mass is 898 g/mol. The summed E-state index contributed by atoms with van der Waals surface area (Å²) in [6.45, 7) is 0.0811. The molecular formula is C42H36F6N6O10. The van der Waals surface area contributed by atoms with Crippen molar-refractivity contribution in [3.63, 3.8) is 0 Å². The van der Waals surface area contributed by atoms with E-state index >= 15 is 0 Å². The molecule has 0 aliphatic heterocycles. The van der Waals surface area contributed by atoms with E-state index < -0.39 is 73.0 Å². The summed E-state index contributed by atoms with van der Waals surface area (Å²) in [6, 6.07) is 27.8. The van der Waals surface area contributed by atoms with Gasteiger partial charge >= 0.3 is 48.0 Å². The number of Topliss-reactive ketones (excluding diaryl/α,β-unsaturated/α-hetero) is 2. The maximum absolute atomic E-state index is 12.5. The van der Waals surface area contributed by atoms with E-state index in [0.717, 1.165) is 22.3 Å². The van der Waals surface area contributed by atoms with Crippen LogP contribution in [0.15, 0.2) is 97.1 Å². The molecule has 22 heteroatoms. The van der Waals surface area contributed by atoms with Crippen LogP contribution in [0.2, 0.25) is 0 Å². The molecule has 0 fully saturated rings. The number of rotatable bonds is 16. The number of alkyl halides is 6. The lowest BCUT2D eigenvalue weighted by Gasteiger charge is -2.14. The molecule has 0 unspecified atom stereocenters. The van der Waals surface area contributed by atoms with Crippen LogP contribution in [0.1, 0.15) is 58.8 Å². The molecular weight excluding hydrogens is 862 g/mol. The van der Waals surface area contributed by atoms with Crippen molar-refractivity contribution in [2.24, 2.45) is 0 Å². The number of aryl methyl sites for hydroxylation is 2. The van der Waals surface area contributed by atoms with Crippen LogP contribution in [0.3, 0.4) is 0 Å². The first-order valence-corrected chi connectivity index (χ1v) is 18.8. The Bertz CT molecular complexity index is 2440. The number of ketones is 2. The first kappa shape index (κ1) is 47.3. The van der Waals surface area contributed by atoms with Gasteiger partial charge in [-0.15, -0.1) is 0 Å². The van der Waals surface area contributed by atoms with Crippen LogP contribution in [-0.2, 0) is 54.7 Å². The van der Waals surface area contributed by atoms with E-state index in [4.69, 9.17) is 9.47 Å². The van der Waals surface area contributed by atoms with Gasteiger partial charge in [0.2, 0.25) is 0 Å². The molecule has 2 heterocycles. The number of aromatic amines is 2. The van der Waals surface area contributed by atoms with Crippen molar-refractivity contribution in [2.45, 2.75) is 63.3 Å². The summed E-state index contributed by atoms with van der Waals surface area (Å²) in [6.07, 6.45) is -12.5. The Labute approximate surface area is 357 Å². The highest BCUT2D eigenvalue weighted by atomic mass is 19.4. The number of aromatic nitrogens is 4. The first-order valence-electron chi connectivity index (χ1n) is 18.8. The number of H-pyrrole nitrogens is 2. The molecule has 6 rings (SSSR count). The topological polar surface area (TPSA) is 243 Å². The highest BCUT2D eigenvalue weighted by molar-refractivity contribution is 6.41. The van der Waals surface area contributed by atoms with Crippen LogP contribution in [0, 0.1) is 0 Å². The maximum atomic E-state index is 12.5. The number of hydrogen-bond acceptors (Lipinski definition) is 10. The quantitative estimate of drug-likeness (QED) is 0.0413. The molecule has 16 nitrogen and oxygen atoms in total. The number of nitrogens with zero attached hydrogens (tertiary/aromatic N) is 2. The summed E-state index contributed by atoms with van der Waals surface area (Å²) in [7, 11) is 0. The number of fused-ring (bicyclic) bond motifs is 2. The van der Waals surface area contributed by atoms with Gasteiger partial charge in [0.1, 0.15) is 36.9 Å². The van der Waals surface area contributed by atoms with Crippen molar-refractivity contribution < 1.29 is 74.8 Å². The molecule has 2 amide bonds. The molecule has 0 bridgehead atoms. The third-order valence-corrected chi connectivity index (χ3v) is 8.98. The van der Waals surface area contributed by atoms with Crippen LogP contribution in [0.25, 0.3) is 22.1 Å². The zero-order valence-corrected chi connectivity index (χ0v) is 33.0. The number of aliphatic carboxylic acids is 2. The number of amides is 2. The van der Waals surface area contributed by atoms with Gasteiger partial charge in [-0.05, 0) is 59.4 Å². The van der Waals surface area contributed by atoms with Gasteiger partial charge in [-0.25, -0.2) is 19.6 Å². The van der Waals surface area contributed by atoms with Crippen LogP contribution < -0.4 is 10.6 Å². The van der Waals surface area contributed by atoms with E-state index in [2.05, 4.69) is 30.6 Å². The second kappa shape index (κ2) is 20.9. The van der Waals surface area contributed by atoms with Gasteiger partial charge in [-0.1, -0.05) is 72.8 Å². The second-order valence-electron chi connectivity index (χ2n) is 13.8. The zero-order chi connectivity index (χ0) is 46.6. The average Bonchev–Trinajstić information content (AvgIpc) is 3.87. The van der Waals surface area contributed by atoms with Crippen molar-refractivity contribution in [1.82, 2.24) is 30.6 Å². The molecule has 6 aromatic rings. The maximum Gasteiger partial charge on any atom is 0.458 e. The molecule has 6 N–H and O–H groups in total. The number of benzene rings is 4. The number of carbonyl (C=O) groups is 6. The molecule has 4 aromatic carbocycles. The number of nitrogens with one attached hydrogen (secondary N) is 4. The molecule has 64 heavy (non-hydrogen) atoms. The third-order valence-electron chi connectivity index (χ3n) is 8.98. The molecule has 0 aliphatic carbocycles. The zero-order valence-electron chi connectivity index (χ0n) is 33.0. The van der Waals surface area contributed by atoms with Crippen molar-refractivity contribution in [2.75, 3.05) is 0 Å². The normalized spacial score (nSPS) is 12.3. The smallest absolute Gasteiger partial charge is 0.458 e. The first-order chi connectivity index (χ1) is 30.2. The number of hydrogen-bond donors (Lipinski definition) is 6. The van der Waals surface area contributed by atoms with E-state index in [9.17, 15) is 65.3 Å². The lowest BCUT2D eigenvalue weighted by molar-refractivity contribution is -0.193. The molecule has 0 radical (unpaired) electrons. The molecule has 0 saturated heterocycles. The Morgan fingerprint density at radius 1 is 0.547 bits per heavy atom. The lowest BCUT2D eigenvalue weighted by Crippen LogP contribution is -2.39. The van der Waals surface area contributed by atoms with E-state index in [1.54, 1.807) is 0 Å². The van der Waals surface area contributed by atoms with Gasteiger partial charge in [-0.3, -0.25) is 19.2 Å². The van der Waals surface area contributed by atoms with Crippen molar-refractivity contribution in [3.05, 3.63) is 131 Å². The summed E-state index contributed by atoms with van der Waals surface area (Å²) in [5, 5.41) is 24.2. The molecule has 0 saturated carbocycles. The fourth-order valence-electron chi connectivity index (χ4n) is 5.94. The van der Waals surface area contributed by atoms with Crippen LogP contribution >= 0.6 is 0 Å².